The summed E-state index contributed by atoms with van der Waals surface area (Å²) in [5.74, 6) is 1.23. The number of benzene rings is 2. The van der Waals surface area contributed by atoms with E-state index in [-0.39, 0.29) is 11.9 Å². The Bertz CT molecular complexity index is 850. The lowest BCUT2D eigenvalue weighted by molar-refractivity contribution is 0.0918. The van der Waals surface area contributed by atoms with E-state index < -0.39 is 0 Å². The molecule has 174 valence electrons. The molecule has 2 aromatic carbocycles. The maximum absolute atomic E-state index is 13.2. The predicted octanol–water partition coefficient (Wildman–Crippen LogP) is 6.57. The van der Waals surface area contributed by atoms with Crippen molar-refractivity contribution in [1.82, 2.24) is 10.2 Å². The van der Waals surface area contributed by atoms with Crippen LogP contribution in [0.25, 0.3) is 11.1 Å². The van der Waals surface area contributed by atoms with Gasteiger partial charge >= 0.3 is 0 Å². The summed E-state index contributed by atoms with van der Waals surface area (Å²) in [4.78, 5) is 15.8. The Balaban J connectivity index is 1.71. The lowest BCUT2D eigenvalue weighted by Crippen LogP contribution is -2.44. The van der Waals surface area contributed by atoms with Crippen LogP contribution >= 0.6 is 0 Å². The van der Waals surface area contributed by atoms with Crippen molar-refractivity contribution in [3.63, 3.8) is 0 Å². The molecule has 0 aliphatic carbocycles. The third kappa shape index (κ3) is 7.78. The van der Waals surface area contributed by atoms with E-state index in [1.807, 2.05) is 18.2 Å². The molecular formula is C29H42N2O. The molecule has 3 heteroatoms. The number of nitrogens with one attached hydrogen (secondary N) is 1. The fourth-order valence-electron chi connectivity index (χ4n) is 4.84. The smallest absolute Gasteiger partial charge is 0.251 e. The second-order valence-electron chi connectivity index (χ2n) is 10.4. The lowest BCUT2D eigenvalue weighted by Gasteiger charge is -2.28. The fraction of sp³-hybridized carbons (Fsp3) is 0.552. The molecule has 1 aliphatic heterocycles. The van der Waals surface area contributed by atoms with Gasteiger partial charge in [0.2, 0.25) is 0 Å². The van der Waals surface area contributed by atoms with Crippen LogP contribution in [-0.2, 0) is 6.42 Å². The molecule has 1 fully saturated rings. The summed E-state index contributed by atoms with van der Waals surface area (Å²) in [6.45, 7) is 12.3. The normalized spacial score (nSPS) is 16.2. The quantitative estimate of drug-likeness (QED) is 0.484. The predicted molar refractivity (Wildman–Crippen MR) is 136 cm³/mol. The molecule has 2 aromatic rings. The summed E-state index contributed by atoms with van der Waals surface area (Å²) < 4.78 is 0. The molecule has 0 bridgehead atoms. The molecule has 0 spiro atoms. The van der Waals surface area contributed by atoms with Crippen molar-refractivity contribution in [2.45, 2.75) is 72.3 Å². The van der Waals surface area contributed by atoms with Gasteiger partial charge in [-0.15, -0.1) is 0 Å². The van der Waals surface area contributed by atoms with E-state index in [1.54, 1.807) is 0 Å². The first-order chi connectivity index (χ1) is 15.4. The molecule has 1 atom stereocenters. The molecule has 1 saturated heterocycles. The van der Waals surface area contributed by atoms with Gasteiger partial charge in [0.15, 0.2) is 0 Å². The highest BCUT2D eigenvalue weighted by Crippen LogP contribution is 2.23. The van der Waals surface area contributed by atoms with E-state index in [0.717, 1.165) is 43.6 Å². The summed E-state index contributed by atoms with van der Waals surface area (Å²) in [6.07, 6.45) is 7.31. The molecule has 0 saturated carbocycles. The Hall–Kier alpha value is -2.13. The van der Waals surface area contributed by atoms with Crippen LogP contribution in [0.2, 0.25) is 0 Å². The number of amides is 1. The molecule has 0 unspecified atom stereocenters. The van der Waals surface area contributed by atoms with Gasteiger partial charge in [0.05, 0.1) is 0 Å². The third-order valence-corrected chi connectivity index (χ3v) is 6.30. The maximum atomic E-state index is 13.2. The number of hydrogen-bond acceptors (Lipinski definition) is 2. The monoisotopic (exact) mass is 434 g/mol. The van der Waals surface area contributed by atoms with Crippen LogP contribution in [0.5, 0.6) is 0 Å². The van der Waals surface area contributed by atoms with Crippen molar-refractivity contribution >= 4 is 5.91 Å². The zero-order valence-electron chi connectivity index (χ0n) is 20.6. The second kappa shape index (κ2) is 12.2. The van der Waals surface area contributed by atoms with E-state index in [9.17, 15) is 4.79 Å². The minimum absolute atomic E-state index is 0.0469. The lowest BCUT2D eigenvalue weighted by atomic mass is 9.97. The van der Waals surface area contributed by atoms with Gasteiger partial charge < -0.3 is 10.2 Å². The summed E-state index contributed by atoms with van der Waals surface area (Å²) in [6, 6.07) is 17.0. The van der Waals surface area contributed by atoms with Crippen molar-refractivity contribution in [2.24, 2.45) is 11.8 Å². The second-order valence-corrected chi connectivity index (χ2v) is 10.4. The summed E-state index contributed by atoms with van der Waals surface area (Å²) in [5.41, 5.74) is 4.39. The van der Waals surface area contributed by atoms with Gasteiger partial charge in [-0.1, -0.05) is 76.9 Å². The largest absolute Gasteiger partial charge is 0.348 e. The number of hydrogen-bond donors (Lipinski definition) is 1. The van der Waals surface area contributed by atoms with E-state index >= 15 is 0 Å². The Labute approximate surface area is 195 Å². The summed E-state index contributed by atoms with van der Waals surface area (Å²) in [5, 5.41) is 3.37. The standard InChI is InChI=1S/C29H42N2O/c1-22(2)17-24-11-9-12-25(19-24)26-13-10-14-27(20-26)29(32)30-28(18-23(3)4)21-31-15-7-5-6-8-16-31/h9-14,19-20,22-23,28H,5-8,15-18,21H2,1-4H3,(H,30,32)/t28-/m1/s1. The third-order valence-electron chi connectivity index (χ3n) is 6.30. The van der Waals surface area contributed by atoms with Gasteiger partial charge in [-0.2, -0.15) is 0 Å². The zero-order valence-corrected chi connectivity index (χ0v) is 20.6. The van der Waals surface area contributed by atoms with Gasteiger partial charge in [-0.25, -0.2) is 0 Å². The maximum Gasteiger partial charge on any atom is 0.251 e. The molecule has 1 aliphatic rings. The van der Waals surface area contributed by atoms with Crippen LogP contribution in [0.1, 0.15) is 75.7 Å². The van der Waals surface area contributed by atoms with Crippen LogP contribution in [0.15, 0.2) is 48.5 Å². The average molecular weight is 435 g/mol. The van der Waals surface area contributed by atoms with E-state index in [1.165, 1.54) is 36.8 Å². The Kier molecular flexibility index (Phi) is 9.35. The highest BCUT2D eigenvalue weighted by atomic mass is 16.1. The van der Waals surface area contributed by atoms with Gasteiger partial charge in [-0.05, 0) is 79.4 Å². The Morgan fingerprint density at radius 2 is 1.53 bits per heavy atom. The van der Waals surface area contributed by atoms with Crippen molar-refractivity contribution < 1.29 is 4.79 Å². The highest BCUT2D eigenvalue weighted by Gasteiger charge is 2.20. The van der Waals surface area contributed by atoms with Crippen LogP contribution in [0.3, 0.4) is 0 Å². The minimum atomic E-state index is 0.0469. The summed E-state index contributed by atoms with van der Waals surface area (Å²) in [7, 11) is 0. The molecule has 1 amide bonds. The SMILES string of the molecule is CC(C)Cc1cccc(-c2cccc(C(=O)N[C@H](CC(C)C)CN3CCCCCC3)c2)c1. The van der Waals surface area contributed by atoms with Gasteiger partial charge in [0.1, 0.15) is 0 Å². The Morgan fingerprint density at radius 1 is 0.875 bits per heavy atom. The first-order valence-electron chi connectivity index (χ1n) is 12.6. The molecular weight excluding hydrogens is 392 g/mol. The molecule has 32 heavy (non-hydrogen) atoms. The van der Waals surface area contributed by atoms with E-state index in [0.29, 0.717) is 11.8 Å². The molecule has 3 nitrogen and oxygen atoms in total. The molecule has 1 heterocycles. The Morgan fingerprint density at radius 3 is 2.19 bits per heavy atom. The average Bonchev–Trinajstić information content (AvgIpc) is 3.02. The molecule has 1 N–H and O–H groups in total. The topological polar surface area (TPSA) is 32.3 Å². The van der Waals surface area contributed by atoms with Crippen molar-refractivity contribution in [2.75, 3.05) is 19.6 Å². The number of likely N-dealkylation sites (tertiary alicyclic amines) is 1. The van der Waals surface area contributed by atoms with Crippen LogP contribution in [-0.4, -0.2) is 36.5 Å². The van der Waals surface area contributed by atoms with Gasteiger partial charge in [0.25, 0.3) is 5.91 Å². The van der Waals surface area contributed by atoms with Crippen LogP contribution < -0.4 is 5.32 Å². The van der Waals surface area contributed by atoms with Gasteiger partial charge in [-0.3, -0.25) is 4.79 Å². The van der Waals surface area contributed by atoms with Crippen LogP contribution in [0.4, 0.5) is 0 Å². The minimum Gasteiger partial charge on any atom is -0.348 e. The fourth-order valence-corrected chi connectivity index (χ4v) is 4.84. The first-order valence-corrected chi connectivity index (χ1v) is 12.6. The highest BCUT2D eigenvalue weighted by molar-refractivity contribution is 5.95. The van der Waals surface area contributed by atoms with E-state index in [4.69, 9.17) is 0 Å². The number of carbonyl (C=O) groups excluding carboxylic acids is 1. The van der Waals surface area contributed by atoms with Crippen molar-refractivity contribution in [1.29, 1.82) is 0 Å². The molecule has 0 aromatic heterocycles. The van der Waals surface area contributed by atoms with Gasteiger partial charge in [0, 0.05) is 18.2 Å². The number of carbonyl (C=O) groups is 1. The van der Waals surface area contributed by atoms with Crippen molar-refractivity contribution in [3.05, 3.63) is 59.7 Å². The van der Waals surface area contributed by atoms with Crippen LogP contribution in [0, 0.1) is 11.8 Å². The number of nitrogens with zero attached hydrogens (tertiary/aromatic N) is 1. The summed E-state index contributed by atoms with van der Waals surface area (Å²) >= 11 is 0. The number of rotatable bonds is 9. The molecule has 0 radical (unpaired) electrons. The first kappa shape index (κ1) is 24.5. The molecule has 3 rings (SSSR count). The van der Waals surface area contributed by atoms with Crippen molar-refractivity contribution in [3.8, 4) is 11.1 Å². The zero-order chi connectivity index (χ0) is 22.9. The van der Waals surface area contributed by atoms with E-state index in [2.05, 4.69) is 68.2 Å².